The zero-order valence-electron chi connectivity index (χ0n) is 12.4. The van der Waals surface area contributed by atoms with Crippen LogP contribution in [-0.2, 0) is 4.74 Å². The average Bonchev–Trinajstić information content (AvgIpc) is 3.11. The second kappa shape index (κ2) is 4.37. The van der Waals surface area contributed by atoms with Crippen LogP contribution in [-0.4, -0.2) is 12.2 Å². The summed E-state index contributed by atoms with van der Waals surface area (Å²) in [6, 6.07) is 0. The molecule has 102 valence electrons. The summed E-state index contributed by atoms with van der Waals surface area (Å²) in [5, 5.41) is 0. The van der Waals surface area contributed by atoms with E-state index in [2.05, 4.69) is 34.3 Å². The van der Waals surface area contributed by atoms with Gasteiger partial charge in [0, 0.05) is 5.92 Å². The van der Waals surface area contributed by atoms with Gasteiger partial charge in [0.1, 0.15) is 0 Å². The third-order valence-electron chi connectivity index (χ3n) is 5.53. The fraction of sp³-hybridized carbons (Fsp3) is 0.882. The molecule has 3 fully saturated rings. The molecule has 0 aromatic carbocycles. The molecule has 0 spiro atoms. The molecule has 1 aliphatic heterocycles. The second-order valence-electron chi connectivity index (χ2n) is 7.29. The summed E-state index contributed by atoms with van der Waals surface area (Å²) in [5.74, 6) is 5.49. The Kier molecular flexibility index (Phi) is 3.09. The Morgan fingerprint density at radius 3 is 2.44 bits per heavy atom. The Hall–Kier alpha value is -0.300. The topological polar surface area (TPSA) is 9.23 Å². The van der Waals surface area contributed by atoms with Crippen molar-refractivity contribution in [3.63, 3.8) is 0 Å². The lowest BCUT2D eigenvalue weighted by molar-refractivity contribution is -0.0671. The molecule has 0 N–H and O–H groups in total. The minimum absolute atomic E-state index is 0.408. The van der Waals surface area contributed by atoms with Gasteiger partial charge in [0.15, 0.2) is 0 Å². The number of hydrogen-bond acceptors (Lipinski definition) is 1. The summed E-state index contributed by atoms with van der Waals surface area (Å²) < 4.78 is 6.26. The highest BCUT2D eigenvalue weighted by molar-refractivity contribution is 5.26. The quantitative estimate of drug-likeness (QED) is 0.675. The van der Waals surface area contributed by atoms with Gasteiger partial charge in [-0.15, -0.1) is 0 Å². The molecule has 0 aromatic heterocycles. The van der Waals surface area contributed by atoms with E-state index in [0.717, 1.165) is 36.0 Å². The zero-order valence-corrected chi connectivity index (χ0v) is 12.4. The molecule has 2 aliphatic carbocycles. The second-order valence-corrected chi connectivity index (χ2v) is 7.29. The van der Waals surface area contributed by atoms with Crippen molar-refractivity contribution in [3.05, 3.63) is 12.2 Å². The van der Waals surface area contributed by atoms with Crippen LogP contribution in [0, 0.1) is 35.5 Å². The molecule has 0 radical (unpaired) electrons. The van der Waals surface area contributed by atoms with Crippen LogP contribution >= 0.6 is 0 Å². The number of rotatable bonds is 4. The standard InChI is InChI=1S/C17H28O/c1-6-13-15-16(13)17(15)14-10(4)8-12(7-9(2)3)18-11(14)5/h9,11-17H,4,6-8H2,1-3,5H3. The molecule has 3 aliphatic rings. The molecular weight excluding hydrogens is 220 g/mol. The van der Waals surface area contributed by atoms with E-state index in [-0.39, 0.29) is 0 Å². The fourth-order valence-electron chi connectivity index (χ4n) is 4.71. The summed E-state index contributed by atoms with van der Waals surface area (Å²) >= 11 is 0. The van der Waals surface area contributed by atoms with Crippen LogP contribution in [0.15, 0.2) is 12.2 Å². The van der Waals surface area contributed by atoms with Crippen molar-refractivity contribution in [2.24, 2.45) is 35.5 Å². The maximum Gasteiger partial charge on any atom is 0.0618 e. The molecule has 0 bridgehead atoms. The molecule has 1 heterocycles. The van der Waals surface area contributed by atoms with Crippen molar-refractivity contribution in [3.8, 4) is 0 Å². The Labute approximate surface area is 112 Å². The van der Waals surface area contributed by atoms with E-state index in [9.17, 15) is 0 Å². The van der Waals surface area contributed by atoms with Gasteiger partial charge in [0.2, 0.25) is 0 Å². The van der Waals surface area contributed by atoms with Crippen molar-refractivity contribution in [2.75, 3.05) is 0 Å². The highest BCUT2D eigenvalue weighted by Crippen LogP contribution is 2.77. The molecule has 5 unspecified atom stereocenters. The predicted molar refractivity (Wildman–Crippen MR) is 75.3 cm³/mol. The Balaban J connectivity index is 1.57. The first-order valence-corrected chi connectivity index (χ1v) is 7.87. The molecule has 5 atom stereocenters. The minimum Gasteiger partial charge on any atom is -0.374 e. The van der Waals surface area contributed by atoms with Crippen molar-refractivity contribution in [1.29, 1.82) is 0 Å². The third kappa shape index (κ3) is 1.95. The van der Waals surface area contributed by atoms with Gasteiger partial charge in [-0.3, -0.25) is 0 Å². The summed E-state index contributed by atoms with van der Waals surface area (Å²) in [4.78, 5) is 0. The Morgan fingerprint density at radius 1 is 1.28 bits per heavy atom. The molecule has 1 nitrogen and oxygen atoms in total. The highest BCUT2D eigenvalue weighted by atomic mass is 16.5. The van der Waals surface area contributed by atoms with Gasteiger partial charge in [0.05, 0.1) is 12.2 Å². The monoisotopic (exact) mass is 248 g/mol. The smallest absolute Gasteiger partial charge is 0.0618 e. The van der Waals surface area contributed by atoms with E-state index in [0.29, 0.717) is 18.1 Å². The lowest BCUT2D eigenvalue weighted by atomic mass is 9.78. The molecule has 1 heteroatoms. The van der Waals surface area contributed by atoms with E-state index in [1.807, 2.05) is 0 Å². The number of ether oxygens (including phenoxy) is 1. The van der Waals surface area contributed by atoms with E-state index in [4.69, 9.17) is 4.74 Å². The van der Waals surface area contributed by atoms with Crippen LogP contribution in [0.4, 0.5) is 0 Å². The molecule has 0 amide bonds. The number of hydrogen-bond donors (Lipinski definition) is 0. The lowest BCUT2D eigenvalue weighted by Crippen LogP contribution is -2.38. The van der Waals surface area contributed by atoms with E-state index in [1.165, 1.54) is 18.4 Å². The van der Waals surface area contributed by atoms with Crippen molar-refractivity contribution < 1.29 is 4.74 Å². The van der Waals surface area contributed by atoms with Gasteiger partial charge >= 0.3 is 0 Å². The number of fused-ring (bicyclic) bond motifs is 1. The van der Waals surface area contributed by atoms with Crippen LogP contribution in [0.5, 0.6) is 0 Å². The van der Waals surface area contributed by atoms with Crippen LogP contribution in [0.1, 0.15) is 47.0 Å². The largest absolute Gasteiger partial charge is 0.374 e. The van der Waals surface area contributed by atoms with Gasteiger partial charge in [-0.25, -0.2) is 0 Å². The SMILES string of the molecule is C=C1CC(CC(C)C)OC(C)C1C1C2C(CC)C21. The minimum atomic E-state index is 0.408. The zero-order chi connectivity index (χ0) is 13.0. The van der Waals surface area contributed by atoms with Crippen LogP contribution in [0.25, 0.3) is 0 Å². The summed E-state index contributed by atoms with van der Waals surface area (Å²) in [6.45, 7) is 13.6. The van der Waals surface area contributed by atoms with E-state index >= 15 is 0 Å². The van der Waals surface area contributed by atoms with Crippen LogP contribution < -0.4 is 0 Å². The molecule has 0 aromatic rings. The predicted octanol–water partition coefficient (Wildman–Crippen LogP) is 4.28. The summed E-state index contributed by atoms with van der Waals surface area (Å²) in [6.07, 6.45) is 4.52. The maximum atomic E-state index is 6.26. The molecular formula is C17H28O. The summed E-state index contributed by atoms with van der Waals surface area (Å²) in [7, 11) is 0. The maximum absolute atomic E-state index is 6.26. The summed E-state index contributed by atoms with van der Waals surface area (Å²) in [5.41, 5.74) is 1.49. The molecule has 3 rings (SSSR count). The normalized spacial score (nSPS) is 50.3. The molecule has 1 saturated heterocycles. The third-order valence-corrected chi connectivity index (χ3v) is 5.53. The van der Waals surface area contributed by atoms with Gasteiger partial charge in [0.25, 0.3) is 0 Å². The van der Waals surface area contributed by atoms with Crippen molar-refractivity contribution >= 4 is 0 Å². The molecule has 18 heavy (non-hydrogen) atoms. The van der Waals surface area contributed by atoms with Crippen molar-refractivity contribution in [2.45, 2.75) is 59.2 Å². The first kappa shape index (κ1) is 12.7. The van der Waals surface area contributed by atoms with Gasteiger partial charge in [-0.1, -0.05) is 39.3 Å². The van der Waals surface area contributed by atoms with Crippen molar-refractivity contribution in [1.82, 2.24) is 0 Å². The van der Waals surface area contributed by atoms with E-state index < -0.39 is 0 Å². The lowest BCUT2D eigenvalue weighted by Gasteiger charge is -2.39. The first-order chi connectivity index (χ1) is 8.54. The molecule has 2 saturated carbocycles. The Morgan fingerprint density at radius 2 is 1.94 bits per heavy atom. The highest BCUT2D eigenvalue weighted by Gasteiger charge is 2.74. The first-order valence-electron chi connectivity index (χ1n) is 7.87. The van der Waals surface area contributed by atoms with Gasteiger partial charge in [-0.2, -0.15) is 0 Å². The fourth-order valence-corrected chi connectivity index (χ4v) is 4.71. The van der Waals surface area contributed by atoms with Crippen LogP contribution in [0.2, 0.25) is 0 Å². The Bertz CT molecular complexity index is 336. The van der Waals surface area contributed by atoms with Gasteiger partial charge in [-0.05, 0) is 49.4 Å². The average molecular weight is 248 g/mol. The van der Waals surface area contributed by atoms with E-state index in [1.54, 1.807) is 0 Å². The van der Waals surface area contributed by atoms with Crippen LogP contribution in [0.3, 0.4) is 0 Å². The van der Waals surface area contributed by atoms with Gasteiger partial charge < -0.3 is 4.74 Å².